The molecule has 27 heavy (non-hydrogen) atoms. The number of carbonyl (C=O) groups excluding carboxylic acids is 1. The second-order valence-corrected chi connectivity index (χ2v) is 5.77. The van der Waals surface area contributed by atoms with E-state index in [0.717, 1.165) is 16.9 Å². The maximum Gasteiger partial charge on any atom is 0.271 e. The van der Waals surface area contributed by atoms with Gasteiger partial charge in [0.1, 0.15) is 18.1 Å². The smallest absolute Gasteiger partial charge is 0.271 e. The van der Waals surface area contributed by atoms with Gasteiger partial charge in [0.15, 0.2) is 0 Å². The van der Waals surface area contributed by atoms with Crippen LogP contribution in [0.4, 0.5) is 0 Å². The Morgan fingerprint density at radius 3 is 2.26 bits per heavy atom. The van der Waals surface area contributed by atoms with Gasteiger partial charge in [0.25, 0.3) is 5.91 Å². The van der Waals surface area contributed by atoms with Gasteiger partial charge in [-0.05, 0) is 59.7 Å². The molecule has 0 fully saturated rings. The Morgan fingerprint density at radius 2 is 1.59 bits per heavy atom. The number of ether oxygens (including phenoxy) is 2. The first kappa shape index (κ1) is 18.2. The molecule has 0 aliphatic heterocycles. The summed E-state index contributed by atoms with van der Waals surface area (Å²) in [7, 11) is 1.61. The first-order valence-electron chi connectivity index (χ1n) is 8.49. The van der Waals surface area contributed by atoms with E-state index < -0.39 is 0 Å². The third-order valence-electron chi connectivity index (χ3n) is 3.86. The summed E-state index contributed by atoms with van der Waals surface area (Å²) in [6.07, 6.45) is 1.58. The monoisotopic (exact) mass is 360 g/mol. The molecule has 0 atom stereocenters. The number of amides is 1. The second kappa shape index (κ2) is 9.20. The predicted molar refractivity (Wildman–Crippen MR) is 105 cm³/mol. The molecule has 0 saturated heterocycles. The zero-order valence-corrected chi connectivity index (χ0v) is 15.0. The first-order valence-corrected chi connectivity index (χ1v) is 8.49. The van der Waals surface area contributed by atoms with Crippen molar-refractivity contribution in [3.05, 3.63) is 95.6 Å². The van der Waals surface area contributed by atoms with E-state index in [1.165, 1.54) is 0 Å². The fourth-order valence-electron chi connectivity index (χ4n) is 2.36. The highest BCUT2D eigenvalue weighted by Gasteiger charge is 2.04. The number of benzene rings is 3. The van der Waals surface area contributed by atoms with Crippen LogP contribution in [0.5, 0.6) is 11.5 Å². The van der Waals surface area contributed by atoms with Gasteiger partial charge in [-0.25, -0.2) is 5.43 Å². The lowest BCUT2D eigenvalue weighted by Crippen LogP contribution is -2.17. The number of hydrogen-bond donors (Lipinski definition) is 1. The molecule has 0 unspecified atom stereocenters. The van der Waals surface area contributed by atoms with Crippen LogP contribution < -0.4 is 14.9 Å². The van der Waals surface area contributed by atoms with Crippen molar-refractivity contribution in [1.29, 1.82) is 0 Å². The van der Waals surface area contributed by atoms with Crippen molar-refractivity contribution in [1.82, 2.24) is 5.43 Å². The minimum absolute atomic E-state index is 0.283. The largest absolute Gasteiger partial charge is 0.497 e. The third kappa shape index (κ3) is 5.44. The van der Waals surface area contributed by atoms with Gasteiger partial charge in [-0.2, -0.15) is 5.10 Å². The number of hydrazone groups is 1. The Morgan fingerprint density at radius 1 is 0.926 bits per heavy atom. The summed E-state index contributed by atoms with van der Waals surface area (Å²) in [5.74, 6) is 1.19. The van der Waals surface area contributed by atoms with Crippen LogP contribution in [0.2, 0.25) is 0 Å². The number of carbonyl (C=O) groups is 1. The SMILES string of the molecule is COc1ccc(/C=N\NC(=O)c2ccc(OCc3ccccc3)cc2)cc1. The predicted octanol–water partition coefficient (Wildman–Crippen LogP) is 4.04. The topological polar surface area (TPSA) is 59.9 Å². The molecule has 0 aliphatic carbocycles. The average Bonchev–Trinajstić information content (AvgIpc) is 2.74. The zero-order chi connectivity index (χ0) is 18.9. The van der Waals surface area contributed by atoms with E-state index in [-0.39, 0.29) is 5.91 Å². The molecule has 1 N–H and O–H groups in total. The van der Waals surface area contributed by atoms with Gasteiger partial charge in [0.2, 0.25) is 0 Å². The molecule has 3 aromatic rings. The molecule has 0 radical (unpaired) electrons. The summed E-state index contributed by atoms with van der Waals surface area (Å²) < 4.78 is 10.8. The highest BCUT2D eigenvalue weighted by Crippen LogP contribution is 2.14. The summed E-state index contributed by atoms with van der Waals surface area (Å²) in [5.41, 5.74) is 4.97. The minimum atomic E-state index is -0.283. The van der Waals surface area contributed by atoms with Crippen molar-refractivity contribution in [3.8, 4) is 11.5 Å². The lowest BCUT2D eigenvalue weighted by atomic mass is 10.2. The quantitative estimate of drug-likeness (QED) is 0.511. The standard InChI is InChI=1S/C22H20N2O3/c1-26-20-11-7-17(8-12-20)15-23-24-22(25)19-9-13-21(14-10-19)27-16-18-5-3-2-4-6-18/h2-15H,16H2,1H3,(H,24,25)/b23-15-. The lowest BCUT2D eigenvalue weighted by molar-refractivity contribution is 0.0955. The van der Waals surface area contributed by atoms with E-state index in [1.807, 2.05) is 54.6 Å². The molecule has 136 valence electrons. The van der Waals surface area contributed by atoms with Crippen molar-refractivity contribution < 1.29 is 14.3 Å². The molecule has 1 amide bonds. The van der Waals surface area contributed by atoms with Gasteiger partial charge in [0, 0.05) is 5.56 Å². The fourth-order valence-corrected chi connectivity index (χ4v) is 2.36. The molecule has 3 aromatic carbocycles. The molecule has 0 bridgehead atoms. The van der Waals surface area contributed by atoms with Crippen molar-refractivity contribution in [2.45, 2.75) is 6.61 Å². The number of nitrogens with zero attached hydrogens (tertiary/aromatic N) is 1. The van der Waals surface area contributed by atoms with Gasteiger partial charge >= 0.3 is 0 Å². The summed E-state index contributed by atoms with van der Waals surface area (Å²) in [5, 5.41) is 3.98. The normalized spacial score (nSPS) is 10.6. The Hall–Kier alpha value is -3.60. The number of hydrogen-bond acceptors (Lipinski definition) is 4. The fraction of sp³-hybridized carbons (Fsp3) is 0.0909. The number of methoxy groups -OCH3 is 1. The van der Waals surface area contributed by atoms with Crippen LogP contribution in [0.25, 0.3) is 0 Å². The Labute approximate surface area is 158 Å². The molecule has 0 saturated carbocycles. The van der Waals surface area contributed by atoms with Gasteiger partial charge in [-0.15, -0.1) is 0 Å². The average molecular weight is 360 g/mol. The Balaban J connectivity index is 1.51. The summed E-state index contributed by atoms with van der Waals surface area (Å²) >= 11 is 0. The highest BCUT2D eigenvalue weighted by molar-refractivity contribution is 5.95. The van der Waals surface area contributed by atoms with Gasteiger partial charge in [-0.1, -0.05) is 30.3 Å². The summed E-state index contributed by atoms with van der Waals surface area (Å²) in [6.45, 7) is 0.485. The summed E-state index contributed by atoms with van der Waals surface area (Å²) in [4.78, 5) is 12.1. The lowest BCUT2D eigenvalue weighted by Gasteiger charge is -2.07. The molecular weight excluding hydrogens is 340 g/mol. The van der Waals surface area contributed by atoms with E-state index in [2.05, 4.69) is 10.5 Å². The van der Waals surface area contributed by atoms with E-state index in [0.29, 0.717) is 17.9 Å². The van der Waals surface area contributed by atoms with Crippen molar-refractivity contribution >= 4 is 12.1 Å². The highest BCUT2D eigenvalue weighted by atomic mass is 16.5. The minimum Gasteiger partial charge on any atom is -0.497 e. The van der Waals surface area contributed by atoms with E-state index in [9.17, 15) is 4.79 Å². The number of rotatable bonds is 7. The summed E-state index contributed by atoms with van der Waals surface area (Å²) in [6, 6.07) is 24.2. The maximum atomic E-state index is 12.1. The van der Waals surface area contributed by atoms with Crippen LogP contribution in [-0.4, -0.2) is 19.2 Å². The molecule has 5 nitrogen and oxygen atoms in total. The van der Waals surface area contributed by atoms with Crippen LogP contribution in [0.15, 0.2) is 84.0 Å². The van der Waals surface area contributed by atoms with E-state index in [1.54, 1.807) is 37.6 Å². The van der Waals surface area contributed by atoms with Crippen LogP contribution in [0, 0.1) is 0 Å². The number of nitrogens with one attached hydrogen (secondary N) is 1. The first-order chi connectivity index (χ1) is 13.2. The van der Waals surface area contributed by atoms with Crippen LogP contribution >= 0.6 is 0 Å². The van der Waals surface area contributed by atoms with Crippen molar-refractivity contribution in [2.24, 2.45) is 5.10 Å². The van der Waals surface area contributed by atoms with Gasteiger partial charge < -0.3 is 9.47 Å². The van der Waals surface area contributed by atoms with Crippen LogP contribution in [-0.2, 0) is 6.61 Å². The van der Waals surface area contributed by atoms with Crippen LogP contribution in [0.1, 0.15) is 21.5 Å². The maximum absolute atomic E-state index is 12.1. The van der Waals surface area contributed by atoms with Crippen molar-refractivity contribution in [3.63, 3.8) is 0 Å². The van der Waals surface area contributed by atoms with Gasteiger partial charge in [-0.3, -0.25) is 4.79 Å². The molecule has 3 rings (SSSR count). The molecule has 0 spiro atoms. The van der Waals surface area contributed by atoms with Crippen LogP contribution in [0.3, 0.4) is 0 Å². The third-order valence-corrected chi connectivity index (χ3v) is 3.86. The Bertz CT molecular complexity index is 889. The molecular formula is C22H20N2O3. The molecule has 0 heterocycles. The zero-order valence-electron chi connectivity index (χ0n) is 15.0. The van der Waals surface area contributed by atoms with Crippen molar-refractivity contribution in [2.75, 3.05) is 7.11 Å². The Kier molecular flexibility index (Phi) is 6.20. The van der Waals surface area contributed by atoms with E-state index in [4.69, 9.17) is 9.47 Å². The van der Waals surface area contributed by atoms with E-state index >= 15 is 0 Å². The van der Waals surface area contributed by atoms with Gasteiger partial charge in [0.05, 0.1) is 13.3 Å². The molecule has 0 aromatic heterocycles. The second-order valence-electron chi connectivity index (χ2n) is 5.77. The molecule has 5 heteroatoms. The molecule has 0 aliphatic rings.